The molecule has 1 N–H and O–H groups in total. The Morgan fingerprint density at radius 1 is 1.19 bits per heavy atom. The van der Waals surface area contributed by atoms with Gasteiger partial charge in [-0.25, -0.2) is 0 Å². The number of rotatable bonds is 7. The molecule has 0 unspecified atom stereocenters. The van der Waals surface area contributed by atoms with Crippen molar-refractivity contribution in [2.75, 3.05) is 6.54 Å². The highest BCUT2D eigenvalue weighted by Gasteiger charge is 2.12. The zero-order valence-electron chi connectivity index (χ0n) is 15.7. The second-order valence-corrected chi connectivity index (χ2v) is 7.54. The second kappa shape index (κ2) is 8.77. The Hall–Kier alpha value is -2.73. The lowest BCUT2D eigenvalue weighted by molar-refractivity contribution is 0.0948. The summed E-state index contributed by atoms with van der Waals surface area (Å²) in [6.45, 7) is 6.71. The standard InChI is InChI=1S/C21H23N3O2S/c1-14(2)13-22-20(25)17-10-9-15(3)18(12-17)26-21-23-19(24-27-21)11-16-7-5-4-6-8-16/h4-10,12,14H,11,13H2,1-3H3,(H,22,25). The SMILES string of the molecule is Cc1ccc(C(=O)NCC(C)C)cc1Oc1nc(Cc2ccccc2)ns1. The fourth-order valence-corrected chi connectivity index (χ4v) is 3.04. The van der Waals surface area contributed by atoms with E-state index in [1.807, 2.05) is 43.3 Å². The number of nitrogens with one attached hydrogen (secondary N) is 1. The van der Waals surface area contributed by atoms with E-state index in [0.717, 1.165) is 17.0 Å². The van der Waals surface area contributed by atoms with E-state index in [2.05, 4.69) is 28.5 Å². The first-order chi connectivity index (χ1) is 13.0. The fourth-order valence-electron chi connectivity index (χ4n) is 2.47. The van der Waals surface area contributed by atoms with Crippen LogP contribution in [-0.2, 0) is 6.42 Å². The van der Waals surface area contributed by atoms with Gasteiger partial charge in [-0.3, -0.25) is 4.79 Å². The van der Waals surface area contributed by atoms with Gasteiger partial charge in [0.15, 0.2) is 5.82 Å². The number of hydrogen-bond acceptors (Lipinski definition) is 5. The molecular weight excluding hydrogens is 358 g/mol. The Morgan fingerprint density at radius 3 is 2.70 bits per heavy atom. The molecule has 0 spiro atoms. The Labute approximate surface area is 163 Å². The van der Waals surface area contributed by atoms with Gasteiger partial charge in [-0.1, -0.05) is 50.2 Å². The van der Waals surface area contributed by atoms with E-state index in [-0.39, 0.29) is 5.91 Å². The van der Waals surface area contributed by atoms with Crippen LogP contribution in [0.4, 0.5) is 0 Å². The molecule has 27 heavy (non-hydrogen) atoms. The highest BCUT2D eigenvalue weighted by atomic mass is 32.1. The van der Waals surface area contributed by atoms with Gasteiger partial charge in [0.2, 0.25) is 0 Å². The van der Waals surface area contributed by atoms with Gasteiger partial charge in [-0.05, 0) is 36.1 Å². The van der Waals surface area contributed by atoms with E-state index in [1.54, 1.807) is 12.1 Å². The maximum Gasteiger partial charge on any atom is 0.298 e. The first kappa shape index (κ1) is 19.0. The molecule has 0 aliphatic rings. The summed E-state index contributed by atoms with van der Waals surface area (Å²) in [7, 11) is 0. The number of ether oxygens (including phenoxy) is 1. The van der Waals surface area contributed by atoms with Crippen molar-refractivity contribution in [2.45, 2.75) is 27.2 Å². The van der Waals surface area contributed by atoms with Gasteiger partial charge in [0.25, 0.3) is 11.1 Å². The molecule has 0 bridgehead atoms. The van der Waals surface area contributed by atoms with E-state index < -0.39 is 0 Å². The smallest absolute Gasteiger partial charge is 0.298 e. The molecular formula is C21H23N3O2S. The minimum absolute atomic E-state index is 0.101. The normalized spacial score (nSPS) is 10.8. The molecule has 1 amide bonds. The topological polar surface area (TPSA) is 64.1 Å². The highest BCUT2D eigenvalue weighted by Crippen LogP contribution is 2.28. The average Bonchev–Trinajstić information content (AvgIpc) is 3.09. The van der Waals surface area contributed by atoms with Crippen LogP contribution >= 0.6 is 11.5 Å². The summed E-state index contributed by atoms with van der Waals surface area (Å²) in [6.07, 6.45) is 0.664. The van der Waals surface area contributed by atoms with E-state index >= 15 is 0 Å². The number of hydrogen-bond donors (Lipinski definition) is 1. The number of nitrogens with zero attached hydrogens (tertiary/aromatic N) is 2. The lowest BCUT2D eigenvalue weighted by Gasteiger charge is -2.10. The van der Waals surface area contributed by atoms with Gasteiger partial charge in [0.05, 0.1) is 0 Å². The van der Waals surface area contributed by atoms with Crippen LogP contribution in [0.25, 0.3) is 0 Å². The summed E-state index contributed by atoms with van der Waals surface area (Å²) in [6, 6.07) is 15.5. The summed E-state index contributed by atoms with van der Waals surface area (Å²) in [5.41, 5.74) is 2.67. The van der Waals surface area contributed by atoms with Crippen LogP contribution in [-0.4, -0.2) is 21.8 Å². The van der Waals surface area contributed by atoms with Crippen molar-refractivity contribution < 1.29 is 9.53 Å². The summed E-state index contributed by atoms with van der Waals surface area (Å²) in [5, 5.41) is 3.40. The van der Waals surface area contributed by atoms with Gasteiger partial charge in [0, 0.05) is 30.1 Å². The van der Waals surface area contributed by atoms with Crippen LogP contribution in [0.2, 0.25) is 0 Å². The zero-order valence-corrected chi connectivity index (χ0v) is 16.5. The number of carbonyl (C=O) groups excluding carboxylic acids is 1. The average molecular weight is 382 g/mol. The molecule has 2 aromatic carbocycles. The molecule has 0 aliphatic heterocycles. The molecule has 3 aromatic rings. The predicted molar refractivity (Wildman–Crippen MR) is 108 cm³/mol. The molecule has 0 fully saturated rings. The van der Waals surface area contributed by atoms with Gasteiger partial charge in [-0.2, -0.15) is 9.36 Å². The second-order valence-electron chi connectivity index (χ2n) is 6.83. The van der Waals surface area contributed by atoms with Crippen LogP contribution in [0.3, 0.4) is 0 Å². The first-order valence-corrected chi connectivity index (χ1v) is 9.72. The van der Waals surface area contributed by atoms with Crippen LogP contribution in [0.1, 0.15) is 41.2 Å². The number of aromatic nitrogens is 2. The first-order valence-electron chi connectivity index (χ1n) is 8.94. The van der Waals surface area contributed by atoms with Crippen LogP contribution in [0, 0.1) is 12.8 Å². The molecule has 0 aliphatic carbocycles. The van der Waals surface area contributed by atoms with Crippen molar-refractivity contribution in [3.63, 3.8) is 0 Å². The quantitative estimate of drug-likeness (QED) is 0.649. The van der Waals surface area contributed by atoms with Gasteiger partial charge < -0.3 is 10.1 Å². The number of aryl methyl sites for hydroxylation is 1. The summed E-state index contributed by atoms with van der Waals surface area (Å²) in [5.74, 6) is 1.65. The monoisotopic (exact) mass is 381 g/mol. The third-order valence-electron chi connectivity index (χ3n) is 3.97. The minimum Gasteiger partial charge on any atom is -0.430 e. The van der Waals surface area contributed by atoms with Gasteiger partial charge in [0.1, 0.15) is 5.75 Å². The van der Waals surface area contributed by atoms with Crippen molar-refractivity contribution >= 4 is 17.4 Å². The third-order valence-corrected chi connectivity index (χ3v) is 4.61. The Kier molecular flexibility index (Phi) is 6.19. The molecule has 5 nitrogen and oxygen atoms in total. The maximum atomic E-state index is 12.3. The number of benzene rings is 2. The van der Waals surface area contributed by atoms with E-state index in [0.29, 0.717) is 35.4 Å². The van der Waals surface area contributed by atoms with Gasteiger partial charge in [-0.15, -0.1) is 0 Å². The molecule has 1 aromatic heterocycles. The Bertz CT molecular complexity index is 907. The van der Waals surface area contributed by atoms with E-state index in [4.69, 9.17) is 4.74 Å². The van der Waals surface area contributed by atoms with Crippen molar-refractivity contribution in [3.8, 4) is 10.9 Å². The summed E-state index contributed by atoms with van der Waals surface area (Å²) >= 11 is 1.22. The fraction of sp³-hybridized carbons (Fsp3) is 0.286. The Morgan fingerprint density at radius 2 is 1.96 bits per heavy atom. The van der Waals surface area contributed by atoms with Crippen molar-refractivity contribution in [1.29, 1.82) is 0 Å². The number of amides is 1. The van der Waals surface area contributed by atoms with Crippen molar-refractivity contribution in [3.05, 3.63) is 71.0 Å². The van der Waals surface area contributed by atoms with Gasteiger partial charge >= 0.3 is 0 Å². The van der Waals surface area contributed by atoms with Crippen molar-refractivity contribution in [2.24, 2.45) is 5.92 Å². The highest BCUT2D eigenvalue weighted by molar-refractivity contribution is 7.07. The third kappa shape index (κ3) is 5.37. The van der Waals surface area contributed by atoms with Crippen LogP contribution in [0.5, 0.6) is 10.9 Å². The van der Waals surface area contributed by atoms with Crippen LogP contribution in [0.15, 0.2) is 48.5 Å². The minimum atomic E-state index is -0.101. The summed E-state index contributed by atoms with van der Waals surface area (Å²) in [4.78, 5) is 16.7. The molecule has 1 heterocycles. The van der Waals surface area contributed by atoms with E-state index in [1.165, 1.54) is 11.5 Å². The molecule has 140 valence electrons. The zero-order chi connectivity index (χ0) is 19.2. The summed E-state index contributed by atoms with van der Waals surface area (Å²) < 4.78 is 10.3. The molecule has 0 saturated heterocycles. The largest absolute Gasteiger partial charge is 0.430 e. The number of carbonyl (C=O) groups is 1. The van der Waals surface area contributed by atoms with E-state index in [9.17, 15) is 4.79 Å². The molecule has 6 heteroatoms. The molecule has 3 rings (SSSR count). The molecule has 0 radical (unpaired) electrons. The van der Waals surface area contributed by atoms with Crippen LogP contribution < -0.4 is 10.1 Å². The molecule has 0 saturated carbocycles. The lowest BCUT2D eigenvalue weighted by Crippen LogP contribution is -2.27. The Balaban J connectivity index is 1.70. The van der Waals surface area contributed by atoms with Crippen molar-refractivity contribution in [1.82, 2.24) is 14.7 Å². The molecule has 0 atom stereocenters. The maximum absolute atomic E-state index is 12.3. The predicted octanol–water partition coefficient (Wildman–Crippen LogP) is 4.62. The lowest BCUT2D eigenvalue weighted by atomic mass is 10.1.